The molecule has 1 spiro atoms. The van der Waals surface area contributed by atoms with E-state index >= 15 is 4.39 Å². The van der Waals surface area contributed by atoms with Crippen molar-refractivity contribution in [1.29, 1.82) is 0 Å². The van der Waals surface area contributed by atoms with Gasteiger partial charge in [-0.2, -0.15) is 0 Å². The summed E-state index contributed by atoms with van der Waals surface area (Å²) in [5, 5.41) is 0.802. The van der Waals surface area contributed by atoms with Gasteiger partial charge < -0.3 is 24.7 Å². The largest absolute Gasteiger partial charge is 0.469 e. The monoisotopic (exact) mass is 530 g/mol. The third kappa shape index (κ3) is 6.05. The Kier molecular flexibility index (Phi) is 7.90. The summed E-state index contributed by atoms with van der Waals surface area (Å²) in [6.45, 7) is 7.01. The Morgan fingerprint density at radius 3 is 2.37 bits per heavy atom. The number of methoxy groups -OCH3 is 1. The molecule has 1 aliphatic carbocycles. The van der Waals surface area contributed by atoms with Gasteiger partial charge in [0.15, 0.2) is 0 Å². The van der Waals surface area contributed by atoms with Crippen LogP contribution in [0.15, 0.2) is 24.4 Å². The molecule has 1 aromatic heterocycles. The number of urea groups is 1. The summed E-state index contributed by atoms with van der Waals surface area (Å²) in [6.07, 6.45) is 7.67. The molecule has 1 saturated heterocycles. The van der Waals surface area contributed by atoms with Crippen LogP contribution in [0.3, 0.4) is 0 Å². The molecule has 0 bridgehead atoms. The zero-order chi connectivity index (χ0) is 27.7. The van der Waals surface area contributed by atoms with Gasteiger partial charge in [-0.15, -0.1) is 0 Å². The topological polar surface area (TPSA) is 107 Å². The fraction of sp³-hybridized carbons (Fsp3) is 0.607. The first-order valence-electron chi connectivity index (χ1n) is 13.3. The van der Waals surface area contributed by atoms with E-state index in [9.17, 15) is 14.4 Å². The van der Waals surface area contributed by atoms with Crippen molar-refractivity contribution in [2.45, 2.75) is 77.4 Å². The van der Waals surface area contributed by atoms with Crippen LogP contribution in [0.25, 0.3) is 10.9 Å². The molecule has 1 saturated carbocycles. The number of piperidine rings is 1. The summed E-state index contributed by atoms with van der Waals surface area (Å²) in [7, 11) is 1.26. The summed E-state index contributed by atoms with van der Waals surface area (Å²) < 4.78 is 27.5. The second-order valence-electron chi connectivity index (χ2n) is 11.6. The maximum Gasteiger partial charge on any atom is 0.410 e. The number of anilines is 1. The van der Waals surface area contributed by atoms with Crippen LogP contribution in [0.1, 0.15) is 71.8 Å². The van der Waals surface area contributed by atoms with Crippen LogP contribution in [0.2, 0.25) is 0 Å². The number of esters is 1. The number of carbonyl (C=O) groups excluding carboxylic acids is 3. The van der Waals surface area contributed by atoms with Crippen LogP contribution in [-0.4, -0.2) is 59.9 Å². The zero-order valence-corrected chi connectivity index (χ0v) is 22.8. The summed E-state index contributed by atoms with van der Waals surface area (Å²) in [4.78, 5) is 38.9. The SMILES string of the molecule is COC(=O)CCN(C(N)=O)c1cc2ccn(C3CCC4(CC3)CCN(C(=O)OC(C)(C)C)CC4)c2cc1F. The van der Waals surface area contributed by atoms with Gasteiger partial charge in [-0.3, -0.25) is 9.69 Å². The molecule has 2 N–H and O–H groups in total. The average molecular weight is 531 g/mol. The molecule has 3 amide bonds. The number of halogens is 1. The van der Waals surface area contributed by atoms with Crippen LogP contribution < -0.4 is 10.6 Å². The van der Waals surface area contributed by atoms with E-state index in [4.69, 9.17) is 10.5 Å². The van der Waals surface area contributed by atoms with Gasteiger partial charge in [0, 0.05) is 43.3 Å². The predicted octanol–water partition coefficient (Wildman–Crippen LogP) is 5.36. The summed E-state index contributed by atoms with van der Waals surface area (Å²) in [5.74, 6) is -1.07. The molecule has 0 atom stereocenters. The van der Waals surface area contributed by atoms with E-state index in [1.807, 2.05) is 37.9 Å². The lowest BCUT2D eigenvalue weighted by Crippen LogP contribution is -2.46. The molecule has 9 nitrogen and oxygen atoms in total. The van der Waals surface area contributed by atoms with Gasteiger partial charge in [0.25, 0.3) is 0 Å². The fourth-order valence-corrected chi connectivity index (χ4v) is 5.83. The summed E-state index contributed by atoms with van der Waals surface area (Å²) >= 11 is 0. The molecule has 1 aromatic carbocycles. The van der Waals surface area contributed by atoms with Crippen molar-refractivity contribution in [3.63, 3.8) is 0 Å². The van der Waals surface area contributed by atoms with Gasteiger partial charge in [-0.05, 0) is 76.8 Å². The molecule has 4 rings (SSSR count). The maximum atomic E-state index is 15.2. The van der Waals surface area contributed by atoms with E-state index in [1.54, 1.807) is 6.07 Å². The van der Waals surface area contributed by atoms with Crippen LogP contribution >= 0.6 is 0 Å². The second-order valence-corrected chi connectivity index (χ2v) is 11.6. The number of ether oxygens (including phenoxy) is 2. The number of carbonyl (C=O) groups is 3. The highest BCUT2D eigenvalue weighted by Crippen LogP contribution is 2.48. The number of rotatable bonds is 5. The van der Waals surface area contributed by atoms with Crippen molar-refractivity contribution in [2.24, 2.45) is 11.1 Å². The Bertz CT molecular complexity index is 1190. The lowest BCUT2D eigenvalue weighted by molar-refractivity contribution is -0.140. The van der Waals surface area contributed by atoms with Crippen LogP contribution in [0.5, 0.6) is 0 Å². The number of aromatic nitrogens is 1. The lowest BCUT2D eigenvalue weighted by Gasteiger charge is -2.46. The zero-order valence-electron chi connectivity index (χ0n) is 22.8. The highest BCUT2D eigenvalue weighted by Gasteiger charge is 2.40. The van der Waals surface area contributed by atoms with Crippen LogP contribution in [0.4, 0.5) is 19.7 Å². The molecule has 10 heteroatoms. The number of fused-ring (bicyclic) bond motifs is 1. The van der Waals surface area contributed by atoms with E-state index in [1.165, 1.54) is 13.2 Å². The van der Waals surface area contributed by atoms with E-state index in [0.29, 0.717) is 13.1 Å². The second kappa shape index (κ2) is 10.8. The molecular formula is C28H39FN4O5. The van der Waals surface area contributed by atoms with Gasteiger partial charge in [0.1, 0.15) is 11.4 Å². The van der Waals surface area contributed by atoms with Crippen molar-refractivity contribution in [2.75, 3.05) is 31.6 Å². The number of nitrogens with zero attached hydrogens (tertiary/aromatic N) is 3. The number of hydrogen-bond donors (Lipinski definition) is 1. The minimum absolute atomic E-state index is 0.0472. The van der Waals surface area contributed by atoms with E-state index < -0.39 is 23.4 Å². The Morgan fingerprint density at radius 1 is 1.13 bits per heavy atom. The third-order valence-electron chi connectivity index (χ3n) is 8.00. The van der Waals surface area contributed by atoms with Crippen LogP contribution in [0, 0.1) is 11.2 Å². The summed E-state index contributed by atoms with van der Waals surface area (Å²) in [6, 6.07) is 4.39. The van der Waals surface area contributed by atoms with Gasteiger partial charge in [0.2, 0.25) is 0 Å². The molecule has 0 radical (unpaired) electrons. The molecule has 38 heavy (non-hydrogen) atoms. The highest BCUT2D eigenvalue weighted by molar-refractivity contribution is 5.95. The Hall–Kier alpha value is -3.30. The highest BCUT2D eigenvalue weighted by atomic mass is 19.1. The number of hydrogen-bond acceptors (Lipinski definition) is 5. The van der Waals surface area contributed by atoms with E-state index in [-0.39, 0.29) is 36.2 Å². The van der Waals surface area contributed by atoms with Gasteiger partial charge in [0.05, 0.1) is 24.7 Å². The Labute approximate surface area is 223 Å². The normalized spacial score (nSPS) is 18.0. The number of primary amides is 1. The average Bonchev–Trinajstić information content (AvgIpc) is 3.26. The molecule has 0 unspecified atom stereocenters. The number of nitrogens with two attached hydrogens (primary N) is 1. The fourth-order valence-electron chi connectivity index (χ4n) is 5.83. The first-order chi connectivity index (χ1) is 17.9. The number of benzene rings is 1. The predicted molar refractivity (Wildman–Crippen MR) is 142 cm³/mol. The molecule has 2 heterocycles. The van der Waals surface area contributed by atoms with E-state index in [2.05, 4.69) is 9.30 Å². The maximum absolute atomic E-state index is 15.2. The summed E-state index contributed by atoms with van der Waals surface area (Å²) in [5.41, 5.74) is 6.04. The van der Waals surface area contributed by atoms with Crippen molar-refractivity contribution in [3.05, 3.63) is 30.2 Å². The van der Waals surface area contributed by atoms with Gasteiger partial charge in [-0.25, -0.2) is 14.0 Å². The quantitative estimate of drug-likeness (QED) is 0.524. The molecule has 208 valence electrons. The van der Waals surface area contributed by atoms with E-state index in [0.717, 1.165) is 54.3 Å². The Balaban J connectivity index is 1.42. The first kappa shape index (κ1) is 27.7. The molecule has 1 aliphatic heterocycles. The smallest absolute Gasteiger partial charge is 0.410 e. The minimum atomic E-state index is -0.832. The van der Waals surface area contributed by atoms with Gasteiger partial charge >= 0.3 is 18.1 Å². The number of amides is 3. The molecule has 2 aromatic rings. The number of likely N-dealkylation sites (tertiary alicyclic amines) is 1. The third-order valence-corrected chi connectivity index (χ3v) is 8.00. The standard InChI is InChI=1S/C28H39FN4O5/c1-27(2,3)38-26(36)31-15-11-28(12-16-31)9-5-20(6-10-28)32-13-7-19-17-23(21(29)18-22(19)32)33(25(30)35)14-8-24(34)37-4/h7,13,17-18,20H,5-6,8-12,14-16H2,1-4H3,(H2,30,35). The molecule has 2 aliphatic rings. The molecule has 2 fully saturated rings. The lowest BCUT2D eigenvalue weighted by atomic mass is 9.67. The van der Waals surface area contributed by atoms with Gasteiger partial charge in [-0.1, -0.05) is 0 Å². The Morgan fingerprint density at radius 2 is 1.79 bits per heavy atom. The molecular weight excluding hydrogens is 491 g/mol. The van der Waals surface area contributed by atoms with Crippen molar-refractivity contribution in [3.8, 4) is 0 Å². The van der Waals surface area contributed by atoms with Crippen molar-refractivity contribution >= 4 is 34.7 Å². The first-order valence-corrected chi connectivity index (χ1v) is 13.3. The van der Waals surface area contributed by atoms with Crippen molar-refractivity contribution in [1.82, 2.24) is 9.47 Å². The minimum Gasteiger partial charge on any atom is -0.469 e. The van der Waals surface area contributed by atoms with Crippen LogP contribution in [-0.2, 0) is 14.3 Å². The van der Waals surface area contributed by atoms with Crippen molar-refractivity contribution < 1.29 is 28.2 Å².